The molecule has 0 spiro atoms. The van der Waals surface area contributed by atoms with E-state index in [0.717, 1.165) is 44.4 Å². The third kappa shape index (κ3) is 5.93. The van der Waals surface area contributed by atoms with E-state index in [0.29, 0.717) is 10.9 Å². The second-order valence-electron chi connectivity index (χ2n) is 8.66. The zero-order chi connectivity index (χ0) is 23.5. The van der Waals surface area contributed by atoms with Crippen molar-refractivity contribution in [3.05, 3.63) is 68.2 Å². The van der Waals surface area contributed by atoms with Crippen molar-refractivity contribution in [1.29, 1.82) is 0 Å². The number of hydrogen-bond donors (Lipinski definition) is 1. The van der Waals surface area contributed by atoms with Crippen LogP contribution in [0.4, 0.5) is 4.39 Å². The molecule has 1 unspecified atom stereocenters. The van der Waals surface area contributed by atoms with Gasteiger partial charge in [-0.1, -0.05) is 54.8 Å². The number of ether oxygens (including phenoxy) is 1. The van der Waals surface area contributed by atoms with Gasteiger partial charge in [-0.15, -0.1) is 23.7 Å². The Hall–Kier alpha value is -2.10. The van der Waals surface area contributed by atoms with Gasteiger partial charge in [-0.3, -0.25) is 0 Å². The molecule has 0 radical (unpaired) electrons. The van der Waals surface area contributed by atoms with Gasteiger partial charge in [-0.2, -0.15) is 0 Å². The van der Waals surface area contributed by atoms with Crippen molar-refractivity contribution in [2.75, 3.05) is 7.11 Å². The summed E-state index contributed by atoms with van der Waals surface area (Å²) in [5, 5.41) is 1.36. The maximum absolute atomic E-state index is 13.4. The number of halogens is 3. The molecule has 1 heterocycles. The summed E-state index contributed by atoms with van der Waals surface area (Å²) < 4.78 is 18.8. The molecule has 180 valence electrons. The minimum atomic E-state index is -0.495. The van der Waals surface area contributed by atoms with Crippen LogP contribution in [0.2, 0.25) is 5.02 Å². The van der Waals surface area contributed by atoms with E-state index in [4.69, 9.17) is 27.1 Å². The first-order valence-corrected chi connectivity index (χ1v) is 12.4. The van der Waals surface area contributed by atoms with Crippen LogP contribution >= 0.6 is 35.3 Å². The van der Waals surface area contributed by atoms with Crippen molar-refractivity contribution in [2.45, 2.75) is 51.5 Å². The predicted octanol–water partition coefficient (Wildman–Crippen LogP) is 7.63. The van der Waals surface area contributed by atoms with E-state index in [9.17, 15) is 4.39 Å². The van der Waals surface area contributed by atoms with E-state index in [1.54, 1.807) is 18.4 Å². The molecule has 2 aromatic carbocycles. The number of nitrogens with zero attached hydrogens (tertiary/aromatic N) is 1. The van der Waals surface area contributed by atoms with Crippen molar-refractivity contribution in [1.82, 2.24) is 4.98 Å². The highest BCUT2D eigenvalue weighted by molar-refractivity contribution is 7.12. The fraction of sp³-hybridized carbons (Fsp3) is 0.370. The van der Waals surface area contributed by atoms with Gasteiger partial charge >= 0.3 is 0 Å². The molecule has 0 saturated heterocycles. The van der Waals surface area contributed by atoms with Crippen LogP contribution in [0, 0.1) is 37.4 Å². The minimum absolute atomic E-state index is 0. The average Bonchev–Trinajstić information content (AvgIpc) is 3.16. The molecule has 34 heavy (non-hydrogen) atoms. The monoisotopic (exact) mass is 518 g/mol. The maximum atomic E-state index is 13.4. The van der Waals surface area contributed by atoms with E-state index >= 15 is 0 Å². The number of aryl methyl sites for hydroxylation is 2. The van der Waals surface area contributed by atoms with Crippen molar-refractivity contribution < 1.29 is 9.13 Å². The molecule has 2 atom stereocenters. The Bertz CT molecular complexity index is 1200. The standard InChI is InChI=1S/C27H28ClFN2OS.ClH/c1-16-13-22(23(28)15-25(16)32-3)26-17(2)33-27(31-26)24(30)12-9-20(14-18-5-4-6-18)19-7-10-21(29)11-8-19;/h7-8,10-11,13,15,18,20,24H,4-6,14,30H2,1-3H3;1H/t20-,24?;/m0./s1. The van der Waals surface area contributed by atoms with Gasteiger partial charge in [-0.05, 0) is 61.6 Å². The number of methoxy groups -OCH3 is 1. The molecule has 0 aliphatic heterocycles. The summed E-state index contributed by atoms with van der Waals surface area (Å²) in [4.78, 5) is 5.84. The molecule has 1 aliphatic rings. The van der Waals surface area contributed by atoms with Crippen molar-refractivity contribution in [3.63, 3.8) is 0 Å². The predicted molar refractivity (Wildman–Crippen MR) is 142 cm³/mol. The molecule has 0 amide bonds. The molecule has 2 N–H and O–H groups in total. The molecular weight excluding hydrogens is 490 g/mol. The second kappa shape index (κ2) is 11.6. The summed E-state index contributed by atoms with van der Waals surface area (Å²) in [7, 11) is 1.63. The summed E-state index contributed by atoms with van der Waals surface area (Å²) in [6.07, 6.45) is 4.74. The van der Waals surface area contributed by atoms with Gasteiger partial charge in [0.25, 0.3) is 0 Å². The molecule has 3 aromatic rings. The first-order valence-electron chi connectivity index (χ1n) is 11.2. The molecule has 3 nitrogen and oxygen atoms in total. The molecule has 1 aromatic heterocycles. The van der Waals surface area contributed by atoms with Crippen LogP contribution in [0.25, 0.3) is 11.3 Å². The quantitative estimate of drug-likeness (QED) is 0.341. The highest BCUT2D eigenvalue weighted by Gasteiger charge is 2.23. The molecule has 4 rings (SSSR count). The van der Waals surface area contributed by atoms with Crippen LogP contribution in [0.1, 0.15) is 58.7 Å². The molecule has 1 saturated carbocycles. The maximum Gasteiger partial charge on any atom is 0.123 e. The zero-order valence-electron chi connectivity index (χ0n) is 19.5. The van der Waals surface area contributed by atoms with Crippen molar-refractivity contribution in [3.8, 4) is 28.8 Å². The third-order valence-electron chi connectivity index (χ3n) is 6.30. The van der Waals surface area contributed by atoms with Crippen LogP contribution in [0.3, 0.4) is 0 Å². The average molecular weight is 520 g/mol. The highest BCUT2D eigenvalue weighted by Crippen LogP contribution is 2.38. The van der Waals surface area contributed by atoms with Crippen LogP contribution < -0.4 is 10.5 Å². The first-order chi connectivity index (χ1) is 15.9. The molecule has 1 fully saturated rings. The number of benzene rings is 2. The SMILES string of the molecule is COc1cc(Cl)c(-c2nc(C(N)C#C[C@@H](CC3CCC3)c3ccc(F)cc3)sc2C)cc1C.Cl. The van der Waals surface area contributed by atoms with Gasteiger partial charge in [0.05, 0.1) is 17.8 Å². The lowest BCUT2D eigenvalue weighted by Crippen LogP contribution is -2.15. The van der Waals surface area contributed by atoms with E-state index in [1.165, 1.54) is 31.4 Å². The highest BCUT2D eigenvalue weighted by atomic mass is 35.5. The molecule has 7 heteroatoms. The van der Waals surface area contributed by atoms with E-state index < -0.39 is 6.04 Å². The topological polar surface area (TPSA) is 48.1 Å². The van der Waals surface area contributed by atoms with Gasteiger partial charge in [0.1, 0.15) is 22.6 Å². The molecule has 1 aliphatic carbocycles. The third-order valence-corrected chi connectivity index (χ3v) is 7.66. The first kappa shape index (κ1) is 26.5. The zero-order valence-corrected chi connectivity index (χ0v) is 21.9. The second-order valence-corrected chi connectivity index (χ2v) is 10.3. The molecular formula is C27H29Cl2FN2OS. The van der Waals surface area contributed by atoms with Gasteiger partial charge in [-0.25, -0.2) is 9.37 Å². The Morgan fingerprint density at radius 1 is 1.21 bits per heavy atom. The number of rotatable bonds is 6. The Kier molecular flexibility index (Phi) is 9.01. The van der Waals surface area contributed by atoms with Crippen molar-refractivity contribution in [2.24, 2.45) is 11.7 Å². The Labute approximate surface area is 216 Å². The number of thiazole rings is 1. The van der Waals surface area contributed by atoms with Crippen LogP contribution in [-0.4, -0.2) is 12.1 Å². The molecule has 0 bridgehead atoms. The van der Waals surface area contributed by atoms with Crippen LogP contribution in [0.5, 0.6) is 5.75 Å². The van der Waals surface area contributed by atoms with E-state index in [1.807, 2.05) is 38.1 Å². The number of hydrogen-bond acceptors (Lipinski definition) is 4. The van der Waals surface area contributed by atoms with Crippen LogP contribution in [-0.2, 0) is 0 Å². The summed E-state index contributed by atoms with van der Waals surface area (Å²) in [6, 6.07) is 9.98. The minimum Gasteiger partial charge on any atom is -0.496 e. The van der Waals surface area contributed by atoms with E-state index in [-0.39, 0.29) is 24.1 Å². The lowest BCUT2D eigenvalue weighted by atomic mass is 9.77. The summed E-state index contributed by atoms with van der Waals surface area (Å²) in [5.41, 5.74) is 10.2. The van der Waals surface area contributed by atoms with E-state index in [2.05, 4.69) is 11.8 Å². The summed E-state index contributed by atoms with van der Waals surface area (Å²) >= 11 is 8.07. The van der Waals surface area contributed by atoms with Gasteiger partial charge < -0.3 is 10.5 Å². The fourth-order valence-electron chi connectivity index (χ4n) is 4.15. The number of nitrogens with two attached hydrogens (primary N) is 1. The Balaban J connectivity index is 0.00000324. The number of aromatic nitrogens is 1. The normalized spacial score (nSPS) is 14.9. The Morgan fingerprint density at radius 3 is 2.53 bits per heavy atom. The van der Waals surface area contributed by atoms with Gasteiger partial charge in [0.15, 0.2) is 0 Å². The van der Waals surface area contributed by atoms with Gasteiger partial charge in [0, 0.05) is 16.4 Å². The van der Waals surface area contributed by atoms with Crippen molar-refractivity contribution >= 4 is 35.3 Å². The van der Waals surface area contributed by atoms with Gasteiger partial charge in [0.2, 0.25) is 0 Å². The Morgan fingerprint density at radius 2 is 1.91 bits per heavy atom. The summed E-state index contributed by atoms with van der Waals surface area (Å²) in [6.45, 7) is 4.00. The summed E-state index contributed by atoms with van der Waals surface area (Å²) in [5.74, 6) is 7.85. The lowest BCUT2D eigenvalue weighted by Gasteiger charge is -2.28. The smallest absolute Gasteiger partial charge is 0.123 e. The van der Waals surface area contributed by atoms with Crippen LogP contribution in [0.15, 0.2) is 36.4 Å². The fourth-order valence-corrected chi connectivity index (χ4v) is 5.28. The largest absolute Gasteiger partial charge is 0.496 e. The lowest BCUT2D eigenvalue weighted by molar-refractivity contribution is 0.289.